The molecule has 3 unspecified atom stereocenters. The quantitative estimate of drug-likeness (QED) is 0.249. The van der Waals surface area contributed by atoms with Crippen molar-refractivity contribution < 1.29 is 24.0 Å². The number of fused-ring (bicyclic) bond motifs is 3. The summed E-state index contributed by atoms with van der Waals surface area (Å²) < 4.78 is 10.6. The fourth-order valence-electron chi connectivity index (χ4n) is 7.65. The van der Waals surface area contributed by atoms with Gasteiger partial charge >= 0.3 is 5.97 Å². The van der Waals surface area contributed by atoms with E-state index in [1.165, 1.54) is 28.8 Å². The van der Waals surface area contributed by atoms with Gasteiger partial charge in [0.1, 0.15) is 5.69 Å². The van der Waals surface area contributed by atoms with E-state index in [-0.39, 0.29) is 28.0 Å². The highest BCUT2D eigenvalue weighted by Gasteiger charge is 2.51. The van der Waals surface area contributed by atoms with E-state index in [4.69, 9.17) is 9.47 Å². The van der Waals surface area contributed by atoms with E-state index in [1.807, 2.05) is 4.90 Å². The largest absolute Gasteiger partial charge is 0.452 e. The number of carbonyl (C=O) groups excluding carboxylic acids is 2. The second-order valence-electron chi connectivity index (χ2n) is 13.0. The number of nitrogens with one attached hydrogen (secondary N) is 1. The predicted octanol–water partition coefficient (Wildman–Crippen LogP) is 5.54. The van der Waals surface area contributed by atoms with Gasteiger partial charge in [-0.3, -0.25) is 14.9 Å². The number of hydrogen-bond acceptors (Lipinski definition) is 7. The summed E-state index contributed by atoms with van der Waals surface area (Å²) in [5, 5.41) is 14.8. The Morgan fingerprint density at radius 2 is 1.90 bits per heavy atom. The third-order valence-electron chi connectivity index (χ3n) is 9.95. The molecular formula is C33H43N3O6. The number of nitro benzene ring substituents is 1. The van der Waals surface area contributed by atoms with Crippen molar-refractivity contribution in [1.82, 2.24) is 5.32 Å². The lowest BCUT2D eigenvalue weighted by Gasteiger charge is -2.55. The van der Waals surface area contributed by atoms with E-state index in [0.717, 1.165) is 32.1 Å². The minimum atomic E-state index is -0.761. The second kappa shape index (κ2) is 12.0. The van der Waals surface area contributed by atoms with E-state index < -0.39 is 17.5 Å². The standard InChI is InChI=1S/C33H43N3O6/c1-22(2)23-6-9-26-24(18-23)8-11-29-32(3,12-5-13-33(26,29)4)21-34-30(37)20-42-31(38)25-7-10-27(28(19-25)36(39)40)35-14-16-41-17-15-35/h6-7,9-10,18-19,22,29H,5,8,11-17,20-21H2,1-4H3,(H,34,37). The van der Waals surface area contributed by atoms with Crippen molar-refractivity contribution in [3.05, 3.63) is 68.8 Å². The molecule has 0 spiro atoms. The molecule has 1 N–H and O–H groups in total. The lowest BCUT2D eigenvalue weighted by molar-refractivity contribution is -0.384. The minimum Gasteiger partial charge on any atom is -0.452 e. The van der Waals surface area contributed by atoms with Gasteiger partial charge in [-0.1, -0.05) is 52.3 Å². The monoisotopic (exact) mass is 577 g/mol. The van der Waals surface area contributed by atoms with Crippen molar-refractivity contribution in [3.63, 3.8) is 0 Å². The van der Waals surface area contributed by atoms with Crippen molar-refractivity contribution in [1.29, 1.82) is 0 Å². The van der Waals surface area contributed by atoms with Crippen LogP contribution in [0.3, 0.4) is 0 Å². The first-order valence-corrected chi connectivity index (χ1v) is 15.2. The van der Waals surface area contributed by atoms with E-state index >= 15 is 0 Å². The number of hydrogen-bond donors (Lipinski definition) is 1. The van der Waals surface area contributed by atoms with Crippen LogP contribution < -0.4 is 10.2 Å². The van der Waals surface area contributed by atoms with Crippen molar-refractivity contribution in [2.45, 2.75) is 71.1 Å². The number of ether oxygens (including phenoxy) is 2. The fourth-order valence-corrected chi connectivity index (χ4v) is 7.65. The average molecular weight is 578 g/mol. The first-order chi connectivity index (χ1) is 20.0. The number of rotatable bonds is 8. The number of anilines is 1. The van der Waals surface area contributed by atoms with Crippen LogP contribution in [0.5, 0.6) is 0 Å². The van der Waals surface area contributed by atoms with Gasteiger partial charge in [-0.15, -0.1) is 0 Å². The van der Waals surface area contributed by atoms with Crippen LogP contribution in [-0.2, 0) is 26.1 Å². The predicted molar refractivity (Wildman–Crippen MR) is 161 cm³/mol. The Morgan fingerprint density at radius 3 is 2.62 bits per heavy atom. The molecule has 42 heavy (non-hydrogen) atoms. The van der Waals surface area contributed by atoms with Crippen LogP contribution in [-0.4, -0.2) is 56.3 Å². The van der Waals surface area contributed by atoms with Crippen LogP contribution in [0.25, 0.3) is 0 Å². The minimum absolute atomic E-state index is 0.0445. The van der Waals surface area contributed by atoms with Gasteiger partial charge < -0.3 is 19.7 Å². The van der Waals surface area contributed by atoms with Crippen molar-refractivity contribution in [2.75, 3.05) is 44.4 Å². The van der Waals surface area contributed by atoms with E-state index in [0.29, 0.717) is 50.4 Å². The highest BCUT2D eigenvalue weighted by atomic mass is 16.6. The highest BCUT2D eigenvalue weighted by Crippen LogP contribution is 2.57. The number of esters is 1. The second-order valence-corrected chi connectivity index (χ2v) is 13.0. The molecule has 1 saturated heterocycles. The first kappa shape index (κ1) is 30.0. The maximum Gasteiger partial charge on any atom is 0.338 e. The molecule has 5 rings (SSSR count). The summed E-state index contributed by atoms with van der Waals surface area (Å²) in [6, 6.07) is 11.3. The molecule has 2 aliphatic carbocycles. The third kappa shape index (κ3) is 5.89. The molecule has 2 aromatic carbocycles. The molecular weight excluding hydrogens is 534 g/mol. The lowest BCUT2D eigenvalue weighted by Crippen LogP contribution is -2.53. The highest BCUT2D eigenvalue weighted by molar-refractivity contribution is 5.93. The number of morpholine rings is 1. The van der Waals surface area contributed by atoms with E-state index in [1.54, 1.807) is 6.07 Å². The Labute approximate surface area is 248 Å². The Bertz CT molecular complexity index is 1350. The topological polar surface area (TPSA) is 111 Å². The SMILES string of the molecule is CC(C)c1ccc2c(c1)CCC1C(C)(CNC(=O)COC(=O)c3ccc(N4CCOCC4)c([N+](=O)[O-])c3)CCCC21C. The molecule has 3 aliphatic rings. The molecule has 0 bridgehead atoms. The molecule has 226 valence electrons. The van der Waals surface area contributed by atoms with Crippen molar-refractivity contribution >= 4 is 23.3 Å². The van der Waals surface area contributed by atoms with Gasteiger partial charge in [0.05, 0.1) is 23.7 Å². The Morgan fingerprint density at radius 1 is 1.14 bits per heavy atom. The fraction of sp³-hybridized carbons (Fsp3) is 0.576. The van der Waals surface area contributed by atoms with Gasteiger partial charge in [0.2, 0.25) is 0 Å². The maximum absolute atomic E-state index is 12.8. The van der Waals surface area contributed by atoms with Crippen molar-refractivity contribution in [2.24, 2.45) is 11.3 Å². The summed E-state index contributed by atoms with van der Waals surface area (Å²) in [7, 11) is 0. The van der Waals surface area contributed by atoms with Gasteiger partial charge in [0.25, 0.3) is 11.6 Å². The maximum atomic E-state index is 12.8. The number of nitro groups is 1. The van der Waals surface area contributed by atoms with Crippen LogP contribution in [0.4, 0.5) is 11.4 Å². The smallest absolute Gasteiger partial charge is 0.338 e. The summed E-state index contributed by atoms with van der Waals surface area (Å²) in [5.74, 6) is -0.187. The Hall–Kier alpha value is -3.46. The number of carbonyl (C=O) groups is 2. The number of amides is 1. The Kier molecular flexibility index (Phi) is 8.60. The van der Waals surface area contributed by atoms with Crippen LogP contribution in [0, 0.1) is 21.4 Å². The molecule has 3 atom stereocenters. The molecule has 9 heteroatoms. The van der Waals surface area contributed by atoms with Crippen molar-refractivity contribution in [3.8, 4) is 0 Å². The molecule has 1 saturated carbocycles. The molecule has 1 amide bonds. The summed E-state index contributed by atoms with van der Waals surface area (Å²) >= 11 is 0. The molecule has 0 radical (unpaired) electrons. The zero-order valence-electron chi connectivity index (χ0n) is 25.2. The number of benzene rings is 2. The summed E-state index contributed by atoms with van der Waals surface area (Å²) in [5.41, 5.74) is 4.63. The van der Waals surface area contributed by atoms with Gasteiger partial charge in [-0.25, -0.2) is 4.79 Å². The van der Waals surface area contributed by atoms with Gasteiger partial charge in [0.15, 0.2) is 6.61 Å². The normalized spacial score (nSPS) is 25.4. The van der Waals surface area contributed by atoms with Gasteiger partial charge in [-0.2, -0.15) is 0 Å². The molecule has 9 nitrogen and oxygen atoms in total. The molecule has 1 aliphatic heterocycles. The van der Waals surface area contributed by atoms with Crippen LogP contribution in [0.1, 0.15) is 86.3 Å². The first-order valence-electron chi connectivity index (χ1n) is 15.2. The molecule has 0 aromatic heterocycles. The zero-order chi connectivity index (χ0) is 30.1. The Balaban J connectivity index is 1.20. The molecule has 2 fully saturated rings. The van der Waals surface area contributed by atoms with E-state index in [2.05, 4.69) is 51.2 Å². The van der Waals surface area contributed by atoms with Gasteiger partial charge in [-0.05, 0) is 77.2 Å². The number of aryl methyl sites for hydroxylation is 1. The molecule has 2 aromatic rings. The summed E-state index contributed by atoms with van der Waals surface area (Å²) in [4.78, 5) is 38.7. The van der Waals surface area contributed by atoms with E-state index in [9.17, 15) is 19.7 Å². The third-order valence-corrected chi connectivity index (χ3v) is 9.95. The van der Waals surface area contributed by atoms with Crippen LogP contribution >= 0.6 is 0 Å². The summed E-state index contributed by atoms with van der Waals surface area (Å²) in [6.07, 6.45) is 5.41. The van der Waals surface area contributed by atoms with Gasteiger partial charge in [0, 0.05) is 25.7 Å². The number of nitrogens with zero attached hydrogens (tertiary/aromatic N) is 2. The molecule has 1 heterocycles. The average Bonchev–Trinajstić information content (AvgIpc) is 2.98. The summed E-state index contributed by atoms with van der Waals surface area (Å²) in [6.45, 7) is 11.3. The zero-order valence-corrected chi connectivity index (χ0v) is 25.2. The van der Waals surface area contributed by atoms with Crippen LogP contribution in [0.15, 0.2) is 36.4 Å². The lowest BCUT2D eigenvalue weighted by atomic mass is 9.49. The van der Waals surface area contributed by atoms with Crippen LogP contribution in [0.2, 0.25) is 0 Å².